The van der Waals surface area contributed by atoms with Crippen molar-refractivity contribution in [2.45, 2.75) is 71.3 Å². The van der Waals surface area contributed by atoms with Crippen LogP contribution in [0.1, 0.15) is 58.2 Å². The van der Waals surface area contributed by atoms with Gasteiger partial charge in [0.25, 0.3) is 0 Å². The van der Waals surface area contributed by atoms with E-state index in [1.54, 1.807) is 32.2 Å². The van der Waals surface area contributed by atoms with Crippen LogP contribution < -0.4 is 10.6 Å². The Morgan fingerprint density at radius 3 is 2.56 bits per heavy atom. The molecule has 1 unspecified atom stereocenters. The molecule has 4 rings (SSSR count). The van der Waals surface area contributed by atoms with E-state index in [9.17, 15) is 19.1 Å². The van der Waals surface area contributed by atoms with Gasteiger partial charge in [-0.1, -0.05) is 45.0 Å². The molecule has 2 heterocycles. The predicted molar refractivity (Wildman–Crippen MR) is 155 cm³/mol. The van der Waals surface area contributed by atoms with E-state index in [1.807, 2.05) is 48.8 Å². The normalized spacial score (nSPS) is 18.0. The Hall–Kier alpha value is -3.34. The summed E-state index contributed by atoms with van der Waals surface area (Å²) < 4.78 is 19.4. The van der Waals surface area contributed by atoms with Gasteiger partial charge in [0, 0.05) is 25.7 Å². The number of hydrogen-bond donors (Lipinski definition) is 3. The molecule has 1 fully saturated rings. The van der Waals surface area contributed by atoms with Crippen LogP contribution in [-0.2, 0) is 16.0 Å². The number of fused-ring (bicyclic) bond motifs is 1. The third kappa shape index (κ3) is 7.49. The zero-order valence-electron chi connectivity index (χ0n) is 24.6. The van der Waals surface area contributed by atoms with Gasteiger partial charge in [-0.2, -0.15) is 0 Å². The van der Waals surface area contributed by atoms with Gasteiger partial charge in [0.2, 0.25) is 17.7 Å². The number of aliphatic hydroxyl groups is 1. The number of nitrogens with one attached hydrogen (secondary N) is 2. The summed E-state index contributed by atoms with van der Waals surface area (Å²) in [5.74, 6) is -0.487. The summed E-state index contributed by atoms with van der Waals surface area (Å²) in [4.78, 5) is 34.9. The van der Waals surface area contributed by atoms with Gasteiger partial charge >= 0.3 is 0 Å². The van der Waals surface area contributed by atoms with Crippen molar-refractivity contribution in [3.63, 3.8) is 0 Å². The summed E-state index contributed by atoms with van der Waals surface area (Å²) in [6.07, 6.45) is 0.992. The molecule has 2 amide bonds. The van der Waals surface area contributed by atoms with Crippen LogP contribution in [-0.4, -0.2) is 76.5 Å². The maximum absolute atomic E-state index is 13.9. The lowest BCUT2D eigenvalue weighted by Crippen LogP contribution is -2.59. The van der Waals surface area contributed by atoms with Gasteiger partial charge in [0.05, 0.1) is 6.04 Å². The zero-order valence-corrected chi connectivity index (χ0v) is 24.6. The highest BCUT2D eigenvalue weighted by Gasteiger charge is 2.41. The lowest BCUT2D eigenvalue weighted by Gasteiger charge is -2.38. The molecular formula is C31H42FN5O4. The van der Waals surface area contributed by atoms with Crippen LogP contribution in [0.25, 0.3) is 11.1 Å². The second-order valence-corrected chi connectivity index (χ2v) is 11.9. The van der Waals surface area contributed by atoms with Crippen molar-refractivity contribution in [2.24, 2.45) is 5.41 Å². The van der Waals surface area contributed by atoms with Crippen LogP contribution in [0.4, 0.5) is 4.39 Å². The molecule has 1 aliphatic heterocycles. The van der Waals surface area contributed by atoms with Crippen LogP contribution in [0.5, 0.6) is 0 Å². The molecule has 1 saturated heterocycles. The Bertz CT molecular complexity index is 1290. The lowest BCUT2D eigenvalue weighted by molar-refractivity contribution is -0.141. The van der Waals surface area contributed by atoms with Crippen LogP contribution in [0.15, 0.2) is 52.9 Å². The first kappa shape index (κ1) is 30.6. The summed E-state index contributed by atoms with van der Waals surface area (Å²) in [5, 5.41) is 17.4. The van der Waals surface area contributed by atoms with Gasteiger partial charge in [-0.05, 0) is 68.5 Å². The number of benzene rings is 2. The largest absolute Gasteiger partial charge is 0.436 e. The molecule has 0 saturated carbocycles. The van der Waals surface area contributed by atoms with Crippen molar-refractivity contribution in [1.29, 1.82) is 0 Å². The first-order valence-electron chi connectivity index (χ1n) is 14.3. The van der Waals surface area contributed by atoms with Gasteiger partial charge in [-0.15, -0.1) is 0 Å². The molecule has 10 heteroatoms. The molecule has 0 bridgehead atoms. The first-order chi connectivity index (χ1) is 19.5. The standard InChI is InChI=1S/C31H42FN5O4/c1-20(33-5)27(38)35-26(31(2,3)4)29(39)37-17-8-9-23(37)19-36(18-16-21-12-14-22(32)15-13-21)30(40)28-34-24-10-6-7-11-25(24)41-28/h6-7,10-15,20,23,26,30,33,40H,8-9,16-19H2,1-5H3,(H,35,38)/t20-,23-,26+,30?/m0/s1. The van der Waals surface area contributed by atoms with E-state index >= 15 is 0 Å². The van der Waals surface area contributed by atoms with E-state index in [0.29, 0.717) is 37.2 Å². The van der Waals surface area contributed by atoms with Crippen LogP contribution >= 0.6 is 0 Å². The molecule has 0 spiro atoms. The van der Waals surface area contributed by atoms with Crippen molar-refractivity contribution in [2.75, 3.05) is 26.7 Å². The Kier molecular flexibility index (Phi) is 9.78. The highest BCUT2D eigenvalue weighted by molar-refractivity contribution is 5.90. The minimum atomic E-state index is -1.14. The summed E-state index contributed by atoms with van der Waals surface area (Å²) in [6.45, 7) is 8.96. The predicted octanol–water partition coefficient (Wildman–Crippen LogP) is 3.63. The van der Waals surface area contributed by atoms with Crippen molar-refractivity contribution >= 4 is 22.9 Å². The van der Waals surface area contributed by atoms with Crippen molar-refractivity contribution in [3.05, 3.63) is 65.8 Å². The molecule has 3 N–H and O–H groups in total. The van der Waals surface area contributed by atoms with Gasteiger partial charge < -0.3 is 25.1 Å². The molecule has 222 valence electrons. The maximum atomic E-state index is 13.9. The van der Waals surface area contributed by atoms with E-state index < -0.39 is 23.7 Å². The molecule has 1 aromatic heterocycles. The summed E-state index contributed by atoms with van der Waals surface area (Å²) in [6, 6.07) is 12.3. The average molecular weight is 568 g/mol. The van der Waals surface area contributed by atoms with Gasteiger partial charge in [0.15, 0.2) is 11.8 Å². The molecule has 1 aliphatic rings. The number of aliphatic hydroxyl groups excluding tert-OH is 1. The zero-order chi connectivity index (χ0) is 29.7. The number of likely N-dealkylation sites (tertiary alicyclic amines) is 1. The number of likely N-dealkylation sites (N-methyl/N-ethyl adjacent to an activating group) is 1. The number of carbonyl (C=O) groups excluding carboxylic acids is 2. The second-order valence-electron chi connectivity index (χ2n) is 11.9. The van der Waals surface area contributed by atoms with Crippen molar-refractivity contribution in [3.8, 4) is 0 Å². The highest BCUT2D eigenvalue weighted by Crippen LogP contribution is 2.29. The third-order valence-electron chi connectivity index (χ3n) is 7.81. The monoisotopic (exact) mass is 567 g/mol. The van der Waals surface area contributed by atoms with Crippen LogP contribution in [0.2, 0.25) is 0 Å². The molecule has 41 heavy (non-hydrogen) atoms. The molecule has 0 aliphatic carbocycles. The summed E-state index contributed by atoms with van der Waals surface area (Å²) in [5.41, 5.74) is 1.65. The third-order valence-corrected chi connectivity index (χ3v) is 7.81. The van der Waals surface area contributed by atoms with E-state index in [0.717, 1.165) is 18.4 Å². The van der Waals surface area contributed by atoms with Crippen LogP contribution in [0, 0.1) is 11.2 Å². The Balaban J connectivity index is 1.56. The van der Waals surface area contributed by atoms with E-state index in [4.69, 9.17) is 4.42 Å². The molecule has 3 aromatic rings. The van der Waals surface area contributed by atoms with Gasteiger partial charge in [0.1, 0.15) is 17.4 Å². The maximum Gasteiger partial charge on any atom is 0.245 e. The van der Waals surface area contributed by atoms with Gasteiger partial charge in [-0.25, -0.2) is 9.37 Å². The number of carbonyl (C=O) groups is 2. The molecule has 0 radical (unpaired) electrons. The number of amides is 2. The van der Waals surface area contributed by atoms with E-state index in [-0.39, 0.29) is 29.6 Å². The Morgan fingerprint density at radius 2 is 1.90 bits per heavy atom. The van der Waals surface area contributed by atoms with Crippen molar-refractivity contribution in [1.82, 2.24) is 25.4 Å². The number of hydrogen-bond acceptors (Lipinski definition) is 7. The second kappa shape index (κ2) is 13.1. The molecule has 2 aromatic carbocycles. The molecule has 4 atom stereocenters. The molecular weight excluding hydrogens is 525 g/mol. The number of para-hydroxylation sites is 2. The first-order valence-corrected chi connectivity index (χ1v) is 14.3. The minimum absolute atomic E-state index is 0.133. The number of nitrogens with zero attached hydrogens (tertiary/aromatic N) is 3. The minimum Gasteiger partial charge on any atom is -0.436 e. The summed E-state index contributed by atoms with van der Waals surface area (Å²) in [7, 11) is 1.71. The number of aromatic nitrogens is 1. The molecule has 9 nitrogen and oxygen atoms in total. The fraction of sp³-hybridized carbons (Fsp3) is 0.516. The number of oxazole rings is 1. The lowest BCUT2D eigenvalue weighted by atomic mass is 9.85. The highest BCUT2D eigenvalue weighted by atomic mass is 19.1. The number of halogens is 1. The summed E-state index contributed by atoms with van der Waals surface area (Å²) >= 11 is 0. The smallest absolute Gasteiger partial charge is 0.245 e. The SMILES string of the molecule is CN[C@@H](C)C(=O)N[C@H](C(=O)N1CCC[C@H]1CN(CCc1ccc(F)cc1)C(O)c1nc2ccccc2o1)C(C)(C)C. The quantitative estimate of drug-likeness (QED) is 0.304. The topological polar surface area (TPSA) is 111 Å². The van der Waals surface area contributed by atoms with Gasteiger partial charge in [-0.3, -0.25) is 14.5 Å². The fourth-order valence-corrected chi connectivity index (χ4v) is 5.19. The van der Waals surface area contributed by atoms with Crippen LogP contribution in [0.3, 0.4) is 0 Å². The number of rotatable bonds is 11. The van der Waals surface area contributed by atoms with E-state index in [2.05, 4.69) is 15.6 Å². The van der Waals surface area contributed by atoms with E-state index in [1.165, 1.54) is 12.1 Å². The fourth-order valence-electron chi connectivity index (χ4n) is 5.19. The Morgan fingerprint density at radius 1 is 1.20 bits per heavy atom. The van der Waals surface area contributed by atoms with Crippen molar-refractivity contribution < 1.29 is 23.5 Å². The Labute approximate surface area is 241 Å². The average Bonchev–Trinajstić information content (AvgIpc) is 3.60.